The third kappa shape index (κ3) is 3.90. The van der Waals surface area contributed by atoms with Gasteiger partial charge in [0.1, 0.15) is 0 Å². The van der Waals surface area contributed by atoms with Crippen molar-refractivity contribution >= 4 is 35.0 Å². The van der Waals surface area contributed by atoms with E-state index in [0.717, 1.165) is 5.75 Å². The van der Waals surface area contributed by atoms with Gasteiger partial charge in [-0.05, 0) is 12.3 Å². The lowest BCUT2D eigenvalue weighted by molar-refractivity contribution is -0.384. The van der Waals surface area contributed by atoms with E-state index < -0.39 is 10.8 Å². The molecule has 0 fully saturated rings. The van der Waals surface area contributed by atoms with Gasteiger partial charge in [-0.1, -0.05) is 11.6 Å². The summed E-state index contributed by atoms with van der Waals surface area (Å²) in [4.78, 5) is 21.7. The number of halogens is 1. The van der Waals surface area contributed by atoms with E-state index in [4.69, 9.17) is 11.6 Å². The third-order valence-electron chi connectivity index (χ3n) is 2.00. The summed E-state index contributed by atoms with van der Waals surface area (Å²) in [6, 6.07) is 3.79. The van der Waals surface area contributed by atoms with Crippen LogP contribution < -0.4 is 5.32 Å². The van der Waals surface area contributed by atoms with Crippen LogP contribution in [0, 0.1) is 10.1 Å². The molecule has 5 nitrogen and oxygen atoms in total. The molecule has 1 aromatic carbocycles. The maximum absolute atomic E-state index is 11.7. The molecule has 1 aromatic rings. The Kier molecular flexibility index (Phi) is 5.24. The zero-order valence-corrected chi connectivity index (χ0v) is 10.7. The van der Waals surface area contributed by atoms with Gasteiger partial charge in [0.2, 0.25) is 0 Å². The second-order valence-electron chi connectivity index (χ2n) is 3.17. The number of hydrogen-bond acceptors (Lipinski definition) is 4. The van der Waals surface area contributed by atoms with E-state index in [0.29, 0.717) is 6.54 Å². The van der Waals surface area contributed by atoms with E-state index >= 15 is 0 Å². The maximum Gasteiger partial charge on any atom is 0.270 e. The molecule has 0 aliphatic carbocycles. The molecule has 1 rings (SSSR count). The Labute approximate surface area is 108 Å². The molecule has 92 valence electrons. The van der Waals surface area contributed by atoms with Gasteiger partial charge in [0.15, 0.2) is 0 Å². The second kappa shape index (κ2) is 6.46. The molecule has 0 radical (unpaired) electrons. The maximum atomic E-state index is 11.7. The molecule has 0 saturated heterocycles. The van der Waals surface area contributed by atoms with Crippen LogP contribution in [0.25, 0.3) is 0 Å². The number of non-ortho nitro benzene ring substituents is 1. The van der Waals surface area contributed by atoms with Gasteiger partial charge in [-0.25, -0.2) is 0 Å². The molecule has 0 bridgehead atoms. The predicted octanol–water partition coefficient (Wildman–Crippen LogP) is 2.34. The average molecular weight is 275 g/mol. The molecule has 0 aliphatic heterocycles. The summed E-state index contributed by atoms with van der Waals surface area (Å²) < 4.78 is 0. The Balaban J connectivity index is 2.84. The minimum atomic E-state index is -0.561. The number of amides is 1. The van der Waals surface area contributed by atoms with Crippen molar-refractivity contribution in [2.75, 3.05) is 18.6 Å². The summed E-state index contributed by atoms with van der Waals surface area (Å²) in [7, 11) is 0. The molecule has 17 heavy (non-hydrogen) atoms. The number of nitro benzene ring substituents is 1. The van der Waals surface area contributed by atoms with Crippen molar-refractivity contribution < 1.29 is 9.72 Å². The zero-order chi connectivity index (χ0) is 12.8. The van der Waals surface area contributed by atoms with Crippen molar-refractivity contribution in [3.05, 3.63) is 38.9 Å². The van der Waals surface area contributed by atoms with Crippen molar-refractivity contribution in [1.29, 1.82) is 0 Å². The van der Waals surface area contributed by atoms with Gasteiger partial charge in [-0.15, -0.1) is 0 Å². The quantitative estimate of drug-likeness (QED) is 0.508. The van der Waals surface area contributed by atoms with Crippen molar-refractivity contribution in [3.63, 3.8) is 0 Å². The first-order chi connectivity index (χ1) is 8.06. The minimum absolute atomic E-state index is 0.127. The Bertz CT molecular complexity index is 440. The van der Waals surface area contributed by atoms with Crippen molar-refractivity contribution in [2.45, 2.75) is 0 Å². The van der Waals surface area contributed by atoms with Gasteiger partial charge in [-0.2, -0.15) is 11.8 Å². The molecule has 7 heteroatoms. The van der Waals surface area contributed by atoms with Crippen LogP contribution in [0.2, 0.25) is 5.02 Å². The van der Waals surface area contributed by atoms with Crippen LogP contribution in [-0.2, 0) is 0 Å². The first-order valence-corrected chi connectivity index (χ1v) is 6.54. The fraction of sp³-hybridized carbons (Fsp3) is 0.300. The molecule has 1 amide bonds. The van der Waals surface area contributed by atoms with E-state index in [2.05, 4.69) is 5.32 Å². The lowest BCUT2D eigenvalue weighted by Gasteiger charge is -2.05. The smallest absolute Gasteiger partial charge is 0.270 e. The van der Waals surface area contributed by atoms with Crippen LogP contribution in [-0.4, -0.2) is 29.4 Å². The number of carbonyl (C=O) groups excluding carboxylic acids is 1. The molecule has 0 aromatic heterocycles. The Morgan fingerprint density at radius 2 is 2.29 bits per heavy atom. The lowest BCUT2D eigenvalue weighted by atomic mass is 10.2. The number of rotatable bonds is 5. The van der Waals surface area contributed by atoms with Crippen LogP contribution in [0.4, 0.5) is 5.69 Å². The number of benzene rings is 1. The first-order valence-electron chi connectivity index (χ1n) is 4.77. The van der Waals surface area contributed by atoms with Crippen molar-refractivity contribution in [2.24, 2.45) is 0 Å². The number of thioether (sulfide) groups is 1. The standard InChI is InChI=1S/C10H11ClN2O3S/c1-17-5-4-12-10(14)8-6-7(13(15)16)2-3-9(8)11/h2-3,6H,4-5H2,1H3,(H,12,14). The van der Waals surface area contributed by atoms with Gasteiger partial charge >= 0.3 is 0 Å². The van der Waals surface area contributed by atoms with Gasteiger partial charge in [0, 0.05) is 24.4 Å². The molecule has 0 unspecified atom stereocenters. The van der Waals surface area contributed by atoms with Gasteiger partial charge in [-0.3, -0.25) is 14.9 Å². The van der Waals surface area contributed by atoms with Gasteiger partial charge < -0.3 is 5.32 Å². The number of nitrogens with zero attached hydrogens (tertiary/aromatic N) is 1. The highest BCUT2D eigenvalue weighted by Crippen LogP contribution is 2.21. The largest absolute Gasteiger partial charge is 0.351 e. The Morgan fingerprint density at radius 3 is 2.88 bits per heavy atom. The van der Waals surface area contributed by atoms with E-state index in [1.807, 2.05) is 6.26 Å². The van der Waals surface area contributed by atoms with E-state index in [-0.39, 0.29) is 16.3 Å². The zero-order valence-electron chi connectivity index (χ0n) is 9.10. The molecule has 0 atom stereocenters. The highest BCUT2D eigenvalue weighted by molar-refractivity contribution is 7.98. The van der Waals surface area contributed by atoms with Crippen molar-refractivity contribution in [3.8, 4) is 0 Å². The molecule has 0 saturated carbocycles. The SMILES string of the molecule is CSCCNC(=O)c1cc([N+](=O)[O-])ccc1Cl. The topological polar surface area (TPSA) is 72.2 Å². The number of hydrogen-bond donors (Lipinski definition) is 1. The number of carbonyl (C=O) groups is 1. The summed E-state index contributed by atoms with van der Waals surface area (Å²) in [5.41, 5.74) is -0.0219. The monoisotopic (exact) mass is 274 g/mol. The molecular weight excluding hydrogens is 264 g/mol. The Morgan fingerprint density at radius 1 is 1.59 bits per heavy atom. The highest BCUT2D eigenvalue weighted by atomic mass is 35.5. The summed E-state index contributed by atoms with van der Waals surface area (Å²) in [6.45, 7) is 0.499. The fourth-order valence-corrected chi connectivity index (χ4v) is 1.67. The summed E-state index contributed by atoms with van der Waals surface area (Å²) in [5.74, 6) is 0.380. The van der Waals surface area contributed by atoms with Crippen LogP contribution in [0.3, 0.4) is 0 Å². The second-order valence-corrected chi connectivity index (χ2v) is 4.56. The normalized spacial score (nSPS) is 10.0. The minimum Gasteiger partial charge on any atom is -0.351 e. The van der Waals surface area contributed by atoms with Gasteiger partial charge in [0.05, 0.1) is 15.5 Å². The summed E-state index contributed by atoms with van der Waals surface area (Å²) in [5, 5.41) is 13.4. The molecule has 0 heterocycles. The lowest BCUT2D eigenvalue weighted by Crippen LogP contribution is -2.26. The van der Waals surface area contributed by atoms with Gasteiger partial charge in [0.25, 0.3) is 11.6 Å². The highest BCUT2D eigenvalue weighted by Gasteiger charge is 2.15. The summed E-state index contributed by atoms with van der Waals surface area (Å²) >= 11 is 7.42. The first kappa shape index (κ1) is 13.8. The molecule has 1 N–H and O–H groups in total. The Hall–Kier alpha value is -1.27. The molecule has 0 aliphatic rings. The van der Waals surface area contributed by atoms with E-state index in [9.17, 15) is 14.9 Å². The molecule has 0 spiro atoms. The van der Waals surface area contributed by atoms with Crippen molar-refractivity contribution in [1.82, 2.24) is 5.32 Å². The van der Waals surface area contributed by atoms with E-state index in [1.165, 1.54) is 18.2 Å². The number of nitrogens with one attached hydrogen (secondary N) is 1. The van der Waals surface area contributed by atoms with Crippen LogP contribution in [0.1, 0.15) is 10.4 Å². The van der Waals surface area contributed by atoms with Crippen LogP contribution in [0.15, 0.2) is 18.2 Å². The fourth-order valence-electron chi connectivity index (χ4n) is 1.16. The third-order valence-corrected chi connectivity index (χ3v) is 2.94. The van der Waals surface area contributed by atoms with Crippen LogP contribution in [0.5, 0.6) is 0 Å². The summed E-state index contributed by atoms with van der Waals surface area (Å²) in [6.07, 6.45) is 1.92. The molecular formula is C10H11ClN2O3S. The number of nitro groups is 1. The average Bonchev–Trinajstić information content (AvgIpc) is 2.29. The predicted molar refractivity (Wildman–Crippen MR) is 68.8 cm³/mol. The van der Waals surface area contributed by atoms with Crippen LogP contribution >= 0.6 is 23.4 Å². The van der Waals surface area contributed by atoms with E-state index in [1.54, 1.807) is 11.8 Å².